The van der Waals surface area contributed by atoms with Crippen molar-refractivity contribution in [2.24, 2.45) is 5.73 Å². The molecule has 0 bridgehead atoms. The number of likely N-dealkylation sites (tertiary alicyclic amines) is 1. The van der Waals surface area contributed by atoms with Crippen molar-refractivity contribution in [2.45, 2.75) is 32.4 Å². The maximum atomic E-state index is 12.6. The second kappa shape index (κ2) is 9.19. The average Bonchev–Trinajstić information content (AvgIpc) is 3.37. The van der Waals surface area contributed by atoms with E-state index < -0.39 is 11.8 Å². The van der Waals surface area contributed by atoms with Gasteiger partial charge in [-0.1, -0.05) is 0 Å². The molecule has 5 N–H and O–H groups in total. The highest BCUT2D eigenvalue weighted by molar-refractivity contribution is 6.05. The Morgan fingerprint density at radius 3 is 2.50 bits per heavy atom. The minimum absolute atomic E-state index is 0.241. The number of aromatic amines is 1. The molecule has 1 aromatic heterocycles. The van der Waals surface area contributed by atoms with Crippen molar-refractivity contribution in [1.82, 2.24) is 20.2 Å². The molecule has 1 aliphatic heterocycles. The number of nitrogens with zero attached hydrogens (tertiary/aromatic N) is 2. The minimum atomic E-state index is -0.624. The van der Waals surface area contributed by atoms with Crippen LogP contribution in [0.2, 0.25) is 0 Å². The number of rotatable bonds is 7. The lowest BCUT2D eigenvalue weighted by Crippen LogP contribution is -2.33. The first-order valence-corrected chi connectivity index (χ1v) is 10.6. The number of anilines is 1. The number of aromatic nitrogens is 2. The quantitative estimate of drug-likeness (QED) is 0.451. The molecule has 0 saturated carbocycles. The van der Waals surface area contributed by atoms with E-state index in [1.165, 1.54) is 25.0 Å². The Labute approximate surface area is 185 Å². The Hall–Kier alpha value is -3.72. The van der Waals surface area contributed by atoms with E-state index in [0.717, 1.165) is 29.9 Å². The van der Waals surface area contributed by atoms with Crippen LogP contribution in [-0.2, 0) is 11.3 Å². The first kappa shape index (κ1) is 21.5. The molecule has 1 saturated heterocycles. The van der Waals surface area contributed by atoms with Crippen LogP contribution in [0.3, 0.4) is 0 Å². The van der Waals surface area contributed by atoms with Crippen LogP contribution in [0.1, 0.15) is 46.3 Å². The molecular weight excluding hydrogens is 408 g/mol. The van der Waals surface area contributed by atoms with Gasteiger partial charge in [0.25, 0.3) is 11.8 Å². The maximum absolute atomic E-state index is 12.6. The molecule has 0 spiro atoms. The zero-order chi connectivity index (χ0) is 22.7. The summed E-state index contributed by atoms with van der Waals surface area (Å²) in [6, 6.07) is 12.3. The van der Waals surface area contributed by atoms with Crippen molar-refractivity contribution in [3.63, 3.8) is 0 Å². The number of hydrogen-bond acceptors (Lipinski definition) is 5. The standard InChI is InChI=1S/C23H26N6O3/c1-14-3-2-10-29(14)13-21-27-18-9-8-17(11-19(18)28-21)26-23(32)16-6-4-15(5-7-16)22(31)25-12-20(24)30/h4-9,11,14H,2-3,10,12-13H2,1H3,(H2,24,30)(H,25,31)(H,26,32)(H,27,28)/t14-/m0/s1. The molecule has 2 aromatic carbocycles. The molecule has 4 rings (SSSR count). The zero-order valence-corrected chi connectivity index (χ0v) is 17.9. The molecule has 32 heavy (non-hydrogen) atoms. The van der Waals surface area contributed by atoms with Crippen LogP contribution in [-0.4, -0.2) is 51.7 Å². The van der Waals surface area contributed by atoms with Gasteiger partial charge in [-0.3, -0.25) is 19.3 Å². The molecule has 1 atom stereocenters. The molecule has 1 fully saturated rings. The molecule has 1 aliphatic rings. The number of amides is 3. The average molecular weight is 435 g/mol. The summed E-state index contributed by atoms with van der Waals surface area (Å²) in [5, 5.41) is 5.27. The van der Waals surface area contributed by atoms with Crippen LogP contribution in [0.4, 0.5) is 5.69 Å². The smallest absolute Gasteiger partial charge is 0.255 e. The minimum Gasteiger partial charge on any atom is -0.368 e. The van der Waals surface area contributed by atoms with Gasteiger partial charge in [0.05, 0.1) is 24.1 Å². The Morgan fingerprint density at radius 1 is 1.12 bits per heavy atom. The van der Waals surface area contributed by atoms with E-state index in [4.69, 9.17) is 5.73 Å². The van der Waals surface area contributed by atoms with Crippen LogP contribution in [0.15, 0.2) is 42.5 Å². The summed E-state index contributed by atoms with van der Waals surface area (Å²) in [5.41, 5.74) is 8.12. The highest BCUT2D eigenvalue weighted by atomic mass is 16.2. The lowest BCUT2D eigenvalue weighted by atomic mass is 10.1. The number of H-pyrrole nitrogens is 1. The fourth-order valence-corrected chi connectivity index (χ4v) is 3.88. The predicted molar refractivity (Wildman–Crippen MR) is 121 cm³/mol. The third-order valence-electron chi connectivity index (χ3n) is 5.67. The van der Waals surface area contributed by atoms with Crippen molar-refractivity contribution in [2.75, 3.05) is 18.4 Å². The van der Waals surface area contributed by atoms with E-state index in [0.29, 0.717) is 22.9 Å². The number of carbonyl (C=O) groups is 3. The lowest BCUT2D eigenvalue weighted by Gasteiger charge is -2.19. The molecular formula is C23H26N6O3. The van der Waals surface area contributed by atoms with Gasteiger partial charge in [-0.2, -0.15) is 0 Å². The second-order valence-corrected chi connectivity index (χ2v) is 8.06. The summed E-state index contributed by atoms with van der Waals surface area (Å²) >= 11 is 0. The second-order valence-electron chi connectivity index (χ2n) is 8.06. The fourth-order valence-electron chi connectivity index (χ4n) is 3.88. The van der Waals surface area contributed by atoms with E-state index >= 15 is 0 Å². The molecule has 0 aliphatic carbocycles. The first-order valence-electron chi connectivity index (χ1n) is 10.6. The summed E-state index contributed by atoms with van der Waals surface area (Å²) in [6.07, 6.45) is 2.44. The SMILES string of the molecule is C[C@H]1CCCN1Cc1nc2cc(NC(=O)c3ccc(C(=O)NCC(N)=O)cc3)ccc2[nH]1. The number of fused-ring (bicyclic) bond motifs is 1. The van der Waals surface area contributed by atoms with E-state index in [2.05, 4.69) is 32.4 Å². The number of imidazole rings is 1. The fraction of sp³-hybridized carbons (Fsp3) is 0.304. The molecule has 166 valence electrons. The number of nitrogens with one attached hydrogen (secondary N) is 3. The number of benzene rings is 2. The lowest BCUT2D eigenvalue weighted by molar-refractivity contribution is -0.117. The summed E-state index contributed by atoms with van der Waals surface area (Å²) < 4.78 is 0. The van der Waals surface area contributed by atoms with E-state index in [9.17, 15) is 14.4 Å². The maximum Gasteiger partial charge on any atom is 0.255 e. The van der Waals surface area contributed by atoms with Crippen LogP contribution in [0, 0.1) is 0 Å². The number of carbonyl (C=O) groups excluding carboxylic acids is 3. The Kier molecular flexibility index (Phi) is 6.18. The zero-order valence-electron chi connectivity index (χ0n) is 17.9. The third-order valence-corrected chi connectivity index (χ3v) is 5.67. The van der Waals surface area contributed by atoms with Gasteiger partial charge in [-0.05, 0) is 68.8 Å². The van der Waals surface area contributed by atoms with Gasteiger partial charge in [0.2, 0.25) is 5.91 Å². The van der Waals surface area contributed by atoms with E-state index in [-0.39, 0.29) is 12.5 Å². The number of nitrogens with two attached hydrogens (primary N) is 1. The predicted octanol–water partition coefficient (Wildman–Crippen LogP) is 2.01. The van der Waals surface area contributed by atoms with Gasteiger partial charge < -0.3 is 21.4 Å². The molecule has 9 heteroatoms. The highest BCUT2D eigenvalue weighted by Crippen LogP contribution is 2.22. The highest BCUT2D eigenvalue weighted by Gasteiger charge is 2.21. The van der Waals surface area contributed by atoms with Gasteiger partial charge in [0, 0.05) is 22.9 Å². The van der Waals surface area contributed by atoms with Gasteiger partial charge in [0.15, 0.2) is 0 Å². The van der Waals surface area contributed by atoms with Crippen molar-refractivity contribution in [3.05, 3.63) is 59.4 Å². The topological polar surface area (TPSA) is 133 Å². The molecule has 9 nitrogen and oxygen atoms in total. The monoisotopic (exact) mass is 434 g/mol. The molecule has 0 radical (unpaired) electrons. The van der Waals surface area contributed by atoms with Crippen molar-refractivity contribution in [1.29, 1.82) is 0 Å². The summed E-state index contributed by atoms with van der Waals surface area (Å²) in [7, 11) is 0. The largest absolute Gasteiger partial charge is 0.368 e. The van der Waals surface area contributed by atoms with Crippen molar-refractivity contribution < 1.29 is 14.4 Å². The normalized spacial score (nSPS) is 16.2. The van der Waals surface area contributed by atoms with Crippen LogP contribution >= 0.6 is 0 Å². The van der Waals surface area contributed by atoms with Gasteiger partial charge in [-0.25, -0.2) is 4.98 Å². The summed E-state index contributed by atoms with van der Waals surface area (Å²) in [6.45, 7) is 3.88. The van der Waals surface area contributed by atoms with Crippen LogP contribution < -0.4 is 16.4 Å². The molecule has 3 aromatic rings. The molecule has 3 amide bonds. The first-order chi connectivity index (χ1) is 15.4. The summed E-state index contributed by atoms with van der Waals surface area (Å²) in [5.74, 6) is -0.433. The van der Waals surface area contributed by atoms with Gasteiger partial charge in [0.1, 0.15) is 5.82 Å². The Bertz CT molecular complexity index is 1150. The molecule has 0 unspecified atom stereocenters. The van der Waals surface area contributed by atoms with Gasteiger partial charge >= 0.3 is 0 Å². The third kappa shape index (κ3) is 4.94. The van der Waals surface area contributed by atoms with Gasteiger partial charge in [-0.15, -0.1) is 0 Å². The summed E-state index contributed by atoms with van der Waals surface area (Å²) in [4.78, 5) is 45.8. The van der Waals surface area contributed by atoms with E-state index in [1.807, 2.05) is 18.2 Å². The Morgan fingerprint density at radius 2 is 1.84 bits per heavy atom. The van der Waals surface area contributed by atoms with Crippen molar-refractivity contribution in [3.8, 4) is 0 Å². The van der Waals surface area contributed by atoms with Crippen LogP contribution in [0.25, 0.3) is 11.0 Å². The van der Waals surface area contributed by atoms with Crippen LogP contribution in [0.5, 0.6) is 0 Å². The number of hydrogen-bond donors (Lipinski definition) is 4. The Balaban J connectivity index is 1.40. The van der Waals surface area contributed by atoms with Crippen molar-refractivity contribution >= 4 is 34.4 Å². The van der Waals surface area contributed by atoms with E-state index in [1.54, 1.807) is 12.1 Å². The number of primary amides is 1. The molecule has 2 heterocycles.